The number of nitrogens with zero attached hydrogens (tertiary/aromatic N) is 1. The normalized spacial score (nSPS) is 28.3. The van der Waals surface area contributed by atoms with Gasteiger partial charge in [-0.1, -0.05) is 12.8 Å². The molecule has 8 heteroatoms. The summed E-state index contributed by atoms with van der Waals surface area (Å²) in [5.74, 6) is -1.56. The van der Waals surface area contributed by atoms with Crippen LogP contribution in [0.1, 0.15) is 51.9 Å². The quantitative estimate of drug-likeness (QED) is 0.698. The number of hydrogen-bond acceptors (Lipinski definition) is 5. The highest BCUT2D eigenvalue weighted by Gasteiger charge is 2.50. The molecule has 1 saturated carbocycles. The minimum absolute atomic E-state index is 0.0345. The third-order valence-corrected chi connectivity index (χ3v) is 6.70. The van der Waals surface area contributed by atoms with E-state index in [4.69, 9.17) is 4.74 Å². The van der Waals surface area contributed by atoms with E-state index in [2.05, 4.69) is 0 Å². The summed E-state index contributed by atoms with van der Waals surface area (Å²) in [6.07, 6.45) is 4.17. The molecule has 7 nitrogen and oxygen atoms in total. The minimum Gasteiger partial charge on any atom is -0.480 e. The SMILES string of the molecule is CCOC(=O)CCCS(=O)(=O)N1C(C(=O)O)CC2CCCCC21. The highest BCUT2D eigenvalue weighted by molar-refractivity contribution is 7.89. The van der Waals surface area contributed by atoms with Gasteiger partial charge in [0.1, 0.15) is 6.04 Å². The van der Waals surface area contributed by atoms with E-state index >= 15 is 0 Å². The van der Waals surface area contributed by atoms with E-state index in [1.165, 1.54) is 4.31 Å². The van der Waals surface area contributed by atoms with Crippen LogP contribution in [-0.2, 0) is 24.3 Å². The van der Waals surface area contributed by atoms with Gasteiger partial charge < -0.3 is 9.84 Å². The van der Waals surface area contributed by atoms with E-state index in [0.717, 1.165) is 25.7 Å². The van der Waals surface area contributed by atoms with Gasteiger partial charge in [-0.15, -0.1) is 0 Å². The van der Waals surface area contributed by atoms with Crippen molar-refractivity contribution in [2.75, 3.05) is 12.4 Å². The van der Waals surface area contributed by atoms with Crippen LogP contribution < -0.4 is 0 Å². The molecule has 0 amide bonds. The van der Waals surface area contributed by atoms with Crippen molar-refractivity contribution in [3.63, 3.8) is 0 Å². The molecule has 1 aliphatic carbocycles. The molecule has 0 spiro atoms. The van der Waals surface area contributed by atoms with Gasteiger partial charge in [-0.2, -0.15) is 4.31 Å². The van der Waals surface area contributed by atoms with Crippen molar-refractivity contribution in [1.82, 2.24) is 4.31 Å². The van der Waals surface area contributed by atoms with Crippen LogP contribution in [0.2, 0.25) is 0 Å². The van der Waals surface area contributed by atoms with Crippen LogP contribution in [0, 0.1) is 5.92 Å². The van der Waals surface area contributed by atoms with Gasteiger partial charge in [-0.05, 0) is 38.5 Å². The molecule has 23 heavy (non-hydrogen) atoms. The third kappa shape index (κ3) is 4.23. The predicted octanol–water partition coefficient (Wildman–Crippen LogP) is 1.38. The number of rotatable bonds is 7. The van der Waals surface area contributed by atoms with Crippen molar-refractivity contribution < 1.29 is 27.9 Å². The first kappa shape index (κ1) is 18.2. The summed E-state index contributed by atoms with van der Waals surface area (Å²) in [5, 5.41) is 9.40. The van der Waals surface area contributed by atoms with E-state index < -0.39 is 28.0 Å². The lowest BCUT2D eigenvalue weighted by molar-refractivity contribution is -0.143. The Balaban J connectivity index is 2.05. The van der Waals surface area contributed by atoms with E-state index in [-0.39, 0.29) is 37.2 Å². The number of carboxylic acid groups (broad SMARTS) is 1. The van der Waals surface area contributed by atoms with Gasteiger partial charge in [0.05, 0.1) is 12.4 Å². The molecule has 0 aromatic rings. The monoisotopic (exact) mass is 347 g/mol. The third-order valence-electron chi connectivity index (χ3n) is 4.72. The maximum Gasteiger partial charge on any atom is 0.322 e. The molecule has 2 rings (SSSR count). The molecule has 1 aliphatic heterocycles. The summed E-state index contributed by atoms with van der Waals surface area (Å²) in [4.78, 5) is 22.8. The van der Waals surface area contributed by atoms with Gasteiger partial charge in [0, 0.05) is 12.5 Å². The van der Waals surface area contributed by atoms with E-state index in [9.17, 15) is 23.1 Å². The molecular weight excluding hydrogens is 322 g/mol. The van der Waals surface area contributed by atoms with Gasteiger partial charge >= 0.3 is 11.9 Å². The summed E-state index contributed by atoms with van der Waals surface area (Å²) >= 11 is 0. The lowest BCUT2D eigenvalue weighted by atomic mass is 9.85. The number of fused-ring (bicyclic) bond motifs is 1. The molecule has 0 radical (unpaired) electrons. The molecule has 1 N–H and O–H groups in total. The average Bonchev–Trinajstić information content (AvgIpc) is 2.87. The Morgan fingerprint density at radius 3 is 2.61 bits per heavy atom. The van der Waals surface area contributed by atoms with Gasteiger partial charge in [-0.25, -0.2) is 8.42 Å². The first-order valence-corrected chi connectivity index (χ1v) is 9.87. The fraction of sp³-hybridized carbons (Fsp3) is 0.867. The fourth-order valence-corrected chi connectivity index (χ4v) is 5.74. The lowest BCUT2D eigenvalue weighted by Crippen LogP contribution is -2.47. The molecular formula is C15H25NO6S. The summed E-state index contributed by atoms with van der Waals surface area (Å²) in [5.41, 5.74) is 0. The Morgan fingerprint density at radius 1 is 1.26 bits per heavy atom. The Hall–Kier alpha value is -1.15. The van der Waals surface area contributed by atoms with Crippen molar-refractivity contribution in [1.29, 1.82) is 0 Å². The van der Waals surface area contributed by atoms with Gasteiger partial charge in [0.2, 0.25) is 10.0 Å². The predicted molar refractivity (Wildman–Crippen MR) is 83.3 cm³/mol. The Kier molecular flexibility index (Phi) is 6.02. The second-order valence-corrected chi connectivity index (χ2v) is 8.25. The van der Waals surface area contributed by atoms with Crippen LogP contribution in [0.5, 0.6) is 0 Å². The molecule has 0 aromatic carbocycles. The lowest BCUT2D eigenvalue weighted by Gasteiger charge is -2.32. The number of aliphatic carboxylic acids is 1. The van der Waals surface area contributed by atoms with Crippen molar-refractivity contribution in [3.05, 3.63) is 0 Å². The number of esters is 1. The summed E-state index contributed by atoms with van der Waals surface area (Å²) in [6, 6.07) is -1.16. The summed E-state index contributed by atoms with van der Waals surface area (Å²) < 4.78 is 31.3. The van der Waals surface area contributed by atoms with Gasteiger partial charge in [-0.3, -0.25) is 9.59 Å². The van der Waals surface area contributed by atoms with E-state index in [1.54, 1.807) is 6.92 Å². The highest BCUT2D eigenvalue weighted by atomic mass is 32.2. The fourth-order valence-electron chi connectivity index (χ4n) is 3.77. The van der Waals surface area contributed by atoms with E-state index in [1.807, 2.05) is 0 Å². The average molecular weight is 347 g/mol. The second-order valence-electron chi connectivity index (χ2n) is 6.26. The largest absolute Gasteiger partial charge is 0.480 e. The molecule has 3 unspecified atom stereocenters. The molecule has 132 valence electrons. The maximum atomic E-state index is 12.7. The summed E-state index contributed by atoms with van der Waals surface area (Å²) in [6.45, 7) is 1.96. The maximum absolute atomic E-state index is 12.7. The van der Waals surface area contributed by atoms with E-state index in [0.29, 0.717) is 6.42 Å². The Labute approximate surface area is 137 Å². The van der Waals surface area contributed by atoms with Gasteiger partial charge in [0.25, 0.3) is 0 Å². The zero-order chi connectivity index (χ0) is 17.0. The number of ether oxygens (including phenoxy) is 1. The smallest absolute Gasteiger partial charge is 0.322 e. The zero-order valence-corrected chi connectivity index (χ0v) is 14.3. The number of hydrogen-bond donors (Lipinski definition) is 1. The van der Waals surface area contributed by atoms with Crippen LogP contribution in [0.4, 0.5) is 0 Å². The molecule has 0 bridgehead atoms. The molecule has 2 fully saturated rings. The number of carbonyl (C=O) groups is 2. The Bertz CT molecular complexity index is 546. The minimum atomic E-state index is -3.69. The molecule has 1 heterocycles. The van der Waals surface area contributed by atoms with Crippen LogP contribution in [0.3, 0.4) is 0 Å². The van der Waals surface area contributed by atoms with Gasteiger partial charge in [0.15, 0.2) is 0 Å². The number of carboxylic acids is 1. The highest BCUT2D eigenvalue weighted by Crippen LogP contribution is 2.41. The number of carbonyl (C=O) groups excluding carboxylic acids is 1. The Morgan fingerprint density at radius 2 is 1.96 bits per heavy atom. The van der Waals surface area contributed by atoms with Crippen LogP contribution in [0.15, 0.2) is 0 Å². The van der Waals surface area contributed by atoms with Crippen LogP contribution >= 0.6 is 0 Å². The first-order chi connectivity index (χ1) is 10.9. The second kappa shape index (κ2) is 7.61. The molecule has 3 atom stereocenters. The van der Waals surface area contributed by atoms with Crippen molar-refractivity contribution in [2.45, 2.75) is 64.0 Å². The number of sulfonamides is 1. The summed E-state index contributed by atoms with van der Waals surface area (Å²) in [7, 11) is -3.69. The molecule has 0 aromatic heterocycles. The molecule has 2 aliphatic rings. The topological polar surface area (TPSA) is 101 Å². The van der Waals surface area contributed by atoms with Crippen molar-refractivity contribution in [2.24, 2.45) is 5.92 Å². The molecule has 1 saturated heterocycles. The van der Waals surface area contributed by atoms with Crippen molar-refractivity contribution >= 4 is 22.0 Å². The standard InChI is InChI=1S/C15H25NO6S/c1-2-22-14(17)8-5-9-23(20,21)16-12-7-4-3-6-11(12)10-13(16)15(18)19/h11-13H,2-10H2,1H3,(H,18,19). The van der Waals surface area contributed by atoms with Crippen molar-refractivity contribution in [3.8, 4) is 0 Å². The van der Waals surface area contributed by atoms with Crippen LogP contribution in [-0.4, -0.2) is 54.2 Å². The first-order valence-electron chi connectivity index (χ1n) is 8.26. The van der Waals surface area contributed by atoms with Crippen LogP contribution in [0.25, 0.3) is 0 Å². The zero-order valence-electron chi connectivity index (χ0n) is 13.4.